The number of aliphatic hydroxyl groups is 1. The van der Waals surface area contributed by atoms with Crippen molar-refractivity contribution < 1.29 is 19.1 Å². The number of oxazole rings is 1. The number of carbonyl (C=O) groups is 1. The Bertz CT molecular complexity index is 608. The van der Waals surface area contributed by atoms with E-state index in [1.165, 1.54) is 4.90 Å². The number of aliphatic hydroxyl groups excluding tert-OH is 1. The number of thiophene rings is 1. The molecule has 1 atom stereocenters. The van der Waals surface area contributed by atoms with Gasteiger partial charge in [-0.05, 0) is 18.4 Å². The first-order valence-electron chi connectivity index (χ1n) is 6.23. The molecule has 1 aliphatic rings. The van der Waals surface area contributed by atoms with E-state index in [9.17, 15) is 9.90 Å². The number of aryl methyl sites for hydroxylation is 1. The Morgan fingerprint density at radius 3 is 3.15 bits per heavy atom. The number of nitrogens with zero attached hydrogens (tertiary/aromatic N) is 2. The molecule has 1 aliphatic heterocycles. The van der Waals surface area contributed by atoms with Gasteiger partial charge in [-0.3, -0.25) is 4.90 Å². The summed E-state index contributed by atoms with van der Waals surface area (Å²) in [5.74, 6) is 1.23. The zero-order valence-corrected chi connectivity index (χ0v) is 11.7. The first-order chi connectivity index (χ1) is 9.69. The normalized spacial score (nSPS) is 18.6. The Labute approximate surface area is 119 Å². The van der Waals surface area contributed by atoms with E-state index in [1.807, 2.05) is 24.4 Å². The number of aromatic nitrogens is 1. The zero-order valence-electron chi connectivity index (χ0n) is 10.9. The van der Waals surface area contributed by atoms with Gasteiger partial charge in [0.25, 0.3) is 0 Å². The van der Waals surface area contributed by atoms with Gasteiger partial charge in [0.05, 0.1) is 24.1 Å². The molecule has 3 heterocycles. The molecular weight excluding hydrogens is 280 g/mol. The fraction of sp³-hybridized carbons (Fsp3) is 0.385. The summed E-state index contributed by atoms with van der Waals surface area (Å²) < 4.78 is 10.6. The molecule has 1 amide bonds. The molecule has 3 rings (SSSR count). The van der Waals surface area contributed by atoms with Crippen LogP contribution in [0.15, 0.2) is 21.9 Å². The van der Waals surface area contributed by atoms with Crippen LogP contribution in [0.5, 0.6) is 0 Å². The number of hydrogen-bond donors (Lipinski definition) is 1. The van der Waals surface area contributed by atoms with E-state index in [0.717, 1.165) is 4.88 Å². The molecule has 20 heavy (non-hydrogen) atoms. The summed E-state index contributed by atoms with van der Waals surface area (Å²) in [4.78, 5) is 18.5. The molecule has 2 aromatic heterocycles. The van der Waals surface area contributed by atoms with Crippen molar-refractivity contribution in [3.63, 3.8) is 0 Å². The minimum atomic E-state index is -0.427. The highest BCUT2D eigenvalue weighted by molar-refractivity contribution is 7.13. The molecule has 1 saturated heterocycles. The molecule has 0 unspecified atom stereocenters. The van der Waals surface area contributed by atoms with Gasteiger partial charge in [0, 0.05) is 0 Å². The van der Waals surface area contributed by atoms with E-state index in [4.69, 9.17) is 9.15 Å². The summed E-state index contributed by atoms with van der Waals surface area (Å²) in [6.07, 6.45) is -0.427. The molecule has 0 aromatic carbocycles. The van der Waals surface area contributed by atoms with Crippen LogP contribution in [-0.4, -0.2) is 40.3 Å². The number of hydrogen-bond acceptors (Lipinski definition) is 6. The van der Waals surface area contributed by atoms with Crippen molar-refractivity contribution >= 4 is 17.4 Å². The van der Waals surface area contributed by atoms with Gasteiger partial charge in [-0.25, -0.2) is 9.78 Å². The molecule has 106 valence electrons. The van der Waals surface area contributed by atoms with Crippen LogP contribution in [0.25, 0.3) is 10.8 Å². The van der Waals surface area contributed by atoms with Crippen LogP contribution in [0.3, 0.4) is 0 Å². The fourth-order valence-corrected chi connectivity index (χ4v) is 2.73. The van der Waals surface area contributed by atoms with Crippen LogP contribution < -0.4 is 0 Å². The van der Waals surface area contributed by atoms with Crippen LogP contribution >= 0.6 is 11.3 Å². The van der Waals surface area contributed by atoms with Crippen LogP contribution in [0.4, 0.5) is 4.79 Å². The Kier molecular flexibility index (Phi) is 3.45. The molecule has 6 nitrogen and oxygen atoms in total. The average Bonchev–Trinajstić information content (AvgIpc) is 3.13. The molecule has 2 aromatic rings. The highest BCUT2D eigenvalue weighted by Crippen LogP contribution is 2.27. The fourth-order valence-electron chi connectivity index (χ4n) is 2.08. The summed E-state index contributed by atoms with van der Waals surface area (Å²) in [6.45, 7) is 2.18. The van der Waals surface area contributed by atoms with E-state index in [2.05, 4.69) is 4.98 Å². The predicted molar refractivity (Wildman–Crippen MR) is 72.3 cm³/mol. The van der Waals surface area contributed by atoms with E-state index in [-0.39, 0.29) is 25.8 Å². The predicted octanol–water partition coefficient (Wildman–Crippen LogP) is 2.02. The third-order valence-corrected chi connectivity index (χ3v) is 4.09. The molecule has 0 saturated carbocycles. The van der Waals surface area contributed by atoms with Crippen LogP contribution in [-0.2, 0) is 11.3 Å². The van der Waals surface area contributed by atoms with Crippen molar-refractivity contribution in [2.45, 2.75) is 19.5 Å². The van der Waals surface area contributed by atoms with Gasteiger partial charge >= 0.3 is 6.09 Å². The molecule has 0 spiro atoms. The molecule has 7 heteroatoms. The van der Waals surface area contributed by atoms with E-state index < -0.39 is 6.09 Å². The number of rotatable bonds is 4. The van der Waals surface area contributed by atoms with Gasteiger partial charge in [-0.2, -0.15) is 0 Å². The molecule has 1 N–H and O–H groups in total. The number of carbonyl (C=O) groups excluding carboxylic acids is 1. The van der Waals surface area contributed by atoms with E-state index >= 15 is 0 Å². The largest absolute Gasteiger partial charge is 0.447 e. The molecule has 0 radical (unpaired) electrons. The number of ether oxygens (including phenoxy) is 1. The third kappa shape index (κ3) is 2.30. The lowest BCUT2D eigenvalue weighted by Gasteiger charge is -2.18. The van der Waals surface area contributed by atoms with Gasteiger partial charge in [-0.1, -0.05) is 6.07 Å². The quantitative estimate of drug-likeness (QED) is 0.933. The lowest BCUT2D eigenvalue weighted by atomic mass is 10.2. The lowest BCUT2D eigenvalue weighted by Crippen LogP contribution is -2.35. The summed E-state index contributed by atoms with van der Waals surface area (Å²) in [5, 5.41) is 11.2. The van der Waals surface area contributed by atoms with Crippen LogP contribution in [0.1, 0.15) is 11.5 Å². The summed E-state index contributed by atoms with van der Waals surface area (Å²) in [7, 11) is 0. The average molecular weight is 294 g/mol. The minimum absolute atomic E-state index is 0.125. The minimum Gasteiger partial charge on any atom is -0.447 e. The summed E-state index contributed by atoms with van der Waals surface area (Å²) in [6, 6.07) is 3.54. The SMILES string of the molecule is Cc1oc(-c2cccs2)nc1CN1C(=O)OC[C@H]1CO. The maximum atomic E-state index is 11.6. The van der Waals surface area contributed by atoms with E-state index in [0.29, 0.717) is 17.3 Å². The maximum Gasteiger partial charge on any atom is 0.410 e. The highest BCUT2D eigenvalue weighted by atomic mass is 32.1. The number of cyclic esters (lactones) is 1. The van der Waals surface area contributed by atoms with Crippen molar-refractivity contribution in [3.05, 3.63) is 29.0 Å². The van der Waals surface area contributed by atoms with Crippen molar-refractivity contribution in [1.82, 2.24) is 9.88 Å². The van der Waals surface area contributed by atoms with Crippen molar-refractivity contribution in [1.29, 1.82) is 0 Å². The topological polar surface area (TPSA) is 75.8 Å². The molecule has 1 fully saturated rings. The van der Waals surface area contributed by atoms with Gasteiger partial charge in [-0.15, -0.1) is 11.3 Å². The zero-order chi connectivity index (χ0) is 14.1. The molecule has 0 aliphatic carbocycles. The third-order valence-electron chi connectivity index (χ3n) is 3.23. The van der Waals surface area contributed by atoms with Gasteiger partial charge in [0.2, 0.25) is 5.89 Å². The van der Waals surface area contributed by atoms with Gasteiger partial charge in [0.1, 0.15) is 18.1 Å². The second-order valence-corrected chi connectivity index (χ2v) is 5.49. The van der Waals surface area contributed by atoms with Crippen molar-refractivity contribution in [2.75, 3.05) is 13.2 Å². The monoisotopic (exact) mass is 294 g/mol. The summed E-state index contributed by atoms with van der Waals surface area (Å²) in [5.41, 5.74) is 0.686. The Balaban J connectivity index is 1.82. The van der Waals surface area contributed by atoms with Gasteiger partial charge < -0.3 is 14.3 Å². The van der Waals surface area contributed by atoms with Crippen LogP contribution in [0.2, 0.25) is 0 Å². The second kappa shape index (κ2) is 5.26. The molecule has 0 bridgehead atoms. The maximum absolute atomic E-state index is 11.6. The van der Waals surface area contributed by atoms with Gasteiger partial charge in [0.15, 0.2) is 0 Å². The van der Waals surface area contributed by atoms with Crippen molar-refractivity contribution in [2.24, 2.45) is 0 Å². The standard InChI is InChI=1S/C13H14N2O4S/c1-8-10(5-15-9(6-16)7-18-13(15)17)14-12(19-8)11-3-2-4-20-11/h2-4,9,16H,5-7H2,1H3/t9-/m1/s1. The Morgan fingerprint density at radius 1 is 1.60 bits per heavy atom. The second-order valence-electron chi connectivity index (χ2n) is 4.54. The Morgan fingerprint density at radius 2 is 2.45 bits per heavy atom. The van der Waals surface area contributed by atoms with E-state index in [1.54, 1.807) is 11.3 Å². The Hall–Kier alpha value is -1.86. The summed E-state index contributed by atoms with van der Waals surface area (Å²) >= 11 is 1.54. The van der Waals surface area contributed by atoms with Crippen LogP contribution in [0, 0.1) is 6.92 Å². The highest BCUT2D eigenvalue weighted by Gasteiger charge is 2.33. The molecular formula is C13H14N2O4S. The lowest BCUT2D eigenvalue weighted by molar-refractivity contribution is 0.150. The van der Waals surface area contributed by atoms with Crippen molar-refractivity contribution in [3.8, 4) is 10.8 Å². The first-order valence-corrected chi connectivity index (χ1v) is 7.11. The first kappa shape index (κ1) is 13.1. The number of amides is 1. The smallest absolute Gasteiger partial charge is 0.410 e.